The molecule has 1 N–H and O–H groups in total. The summed E-state index contributed by atoms with van der Waals surface area (Å²) in [6.45, 7) is 2.77. The molecule has 1 aromatic heterocycles. The molecule has 1 aliphatic heterocycles. The second-order valence-corrected chi connectivity index (χ2v) is 7.23. The lowest BCUT2D eigenvalue weighted by Crippen LogP contribution is -2.35. The van der Waals surface area contributed by atoms with Crippen molar-refractivity contribution >= 4 is 17.4 Å². The minimum absolute atomic E-state index is 0.0528. The second-order valence-electron chi connectivity index (χ2n) is 7.23. The molecule has 0 radical (unpaired) electrons. The number of Topliss-reactive ketones (excluding diaryl/α,β-unsaturated/α-hetero) is 1. The molecule has 0 aliphatic carbocycles. The molecule has 1 aliphatic rings. The molecule has 0 unspecified atom stereocenters. The molecule has 1 fully saturated rings. The van der Waals surface area contributed by atoms with Gasteiger partial charge in [0.25, 0.3) is 11.7 Å². The van der Waals surface area contributed by atoms with Crippen molar-refractivity contribution in [2.45, 2.75) is 13.0 Å². The van der Waals surface area contributed by atoms with Crippen LogP contribution in [0.3, 0.4) is 0 Å². The molecule has 3 rings (SSSR count). The molecule has 29 heavy (non-hydrogen) atoms. The van der Waals surface area contributed by atoms with Crippen molar-refractivity contribution in [2.24, 2.45) is 0 Å². The van der Waals surface area contributed by atoms with E-state index in [9.17, 15) is 14.7 Å². The largest absolute Gasteiger partial charge is 0.507 e. The number of pyridine rings is 1. The van der Waals surface area contributed by atoms with Gasteiger partial charge in [0.15, 0.2) is 0 Å². The Bertz CT molecular complexity index is 954. The molecule has 0 saturated carbocycles. The van der Waals surface area contributed by atoms with Gasteiger partial charge in [0.2, 0.25) is 0 Å². The van der Waals surface area contributed by atoms with Crippen LogP contribution in [0.2, 0.25) is 0 Å². The number of aliphatic hydroxyl groups is 1. The van der Waals surface area contributed by atoms with Gasteiger partial charge < -0.3 is 19.6 Å². The van der Waals surface area contributed by atoms with Crippen LogP contribution < -0.4 is 4.74 Å². The van der Waals surface area contributed by atoms with Crippen molar-refractivity contribution in [3.63, 3.8) is 0 Å². The van der Waals surface area contributed by atoms with E-state index in [0.717, 1.165) is 5.56 Å². The lowest BCUT2D eigenvalue weighted by atomic mass is 9.97. The van der Waals surface area contributed by atoms with Crippen LogP contribution in [0.25, 0.3) is 5.76 Å². The quantitative estimate of drug-likeness (QED) is 0.459. The third-order valence-corrected chi connectivity index (χ3v) is 4.96. The Morgan fingerprint density at radius 3 is 2.59 bits per heavy atom. The lowest BCUT2D eigenvalue weighted by Gasteiger charge is -2.25. The zero-order valence-electron chi connectivity index (χ0n) is 17.0. The van der Waals surface area contributed by atoms with Crippen molar-refractivity contribution in [1.29, 1.82) is 0 Å². The van der Waals surface area contributed by atoms with Gasteiger partial charge in [0, 0.05) is 24.8 Å². The number of aliphatic hydroxyl groups excluding tert-OH is 1. The van der Waals surface area contributed by atoms with E-state index in [0.29, 0.717) is 30.1 Å². The van der Waals surface area contributed by atoms with Crippen molar-refractivity contribution in [3.05, 3.63) is 65.0 Å². The topological polar surface area (TPSA) is 83.0 Å². The SMILES string of the molecule is COc1ccc(/C(O)=C2\C(=O)C(=O)N(CCN(C)C)[C@@H]2c2ccccn2)cc1C. The summed E-state index contributed by atoms with van der Waals surface area (Å²) >= 11 is 0. The third-order valence-electron chi connectivity index (χ3n) is 4.96. The maximum atomic E-state index is 12.9. The number of hydrogen-bond donors (Lipinski definition) is 1. The summed E-state index contributed by atoms with van der Waals surface area (Å²) < 4.78 is 5.26. The summed E-state index contributed by atoms with van der Waals surface area (Å²) in [5.74, 6) is -0.869. The van der Waals surface area contributed by atoms with Gasteiger partial charge in [0.05, 0.1) is 18.4 Å². The van der Waals surface area contributed by atoms with Crippen LogP contribution in [-0.2, 0) is 9.59 Å². The smallest absolute Gasteiger partial charge is 0.295 e. The highest BCUT2D eigenvalue weighted by molar-refractivity contribution is 6.46. The van der Waals surface area contributed by atoms with Gasteiger partial charge in [-0.1, -0.05) is 6.07 Å². The average Bonchev–Trinajstić information content (AvgIpc) is 2.97. The summed E-state index contributed by atoms with van der Waals surface area (Å²) in [5, 5.41) is 11.0. The van der Waals surface area contributed by atoms with Crippen LogP contribution >= 0.6 is 0 Å². The molecule has 1 aromatic carbocycles. The number of methoxy groups -OCH3 is 1. The van der Waals surface area contributed by atoms with Crippen LogP contribution in [0.15, 0.2) is 48.2 Å². The fourth-order valence-corrected chi connectivity index (χ4v) is 3.44. The van der Waals surface area contributed by atoms with Crippen molar-refractivity contribution in [1.82, 2.24) is 14.8 Å². The van der Waals surface area contributed by atoms with Gasteiger partial charge in [-0.15, -0.1) is 0 Å². The minimum atomic E-state index is -0.737. The number of ketones is 1. The molecular weight excluding hydrogens is 370 g/mol. The molecule has 0 bridgehead atoms. The van der Waals surface area contributed by atoms with E-state index in [1.54, 1.807) is 49.7 Å². The Morgan fingerprint density at radius 1 is 1.24 bits per heavy atom. The maximum Gasteiger partial charge on any atom is 0.295 e. The first kappa shape index (κ1) is 20.5. The second kappa shape index (κ2) is 8.45. The van der Waals surface area contributed by atoms with Crippen LogP contribution in [0.1, 0.15) is 22.9 Å². The van der Waals surface area contributed by atoms with E-state index in [1.165, 1.54) is 4.90 Å². The number of hydrogen-bond acceptors (Lipinski definition) is 6. The van der Waals surface area contributed by atoms with Crippen molar-refractivity contribution in [3.8, 4) is 5.75 Å². The van der Waals surface area contributed by atoms with Gasteiger partial charge >= 0.3 is 0 Å². The molecule has 7 nitrogen and oxygen atoms in total. The molecule has 1 atom stereocenters. The fraction of sp³-hybridized carbons (Fsp3) is 0.318. The highest BCUT2D eigenvalue weighted by Crippen LogP contribution is 2.38. The molecule has 2 aromatic rings. The number of rotatable bonds is 6. The third kappa shape index (κ3) is 4.00. The maximum absolute atomic E-state index is 12.9. The Balaban J connectivity index is 2.13. The van der Waals surface area contributed by atoms with E-state index >= 15 is 0 Å². The van der Waals surface area contributed by atoms with E-state index in [-0.39, 0.29) is 11.3 Å². The number of aromatic nitrogens is 1. The summed E-state index contributed by atoms with van der Waals surface area (Å²) in [6.07, 6.45) is 1.61. The molecule has 0 spiro atoms. The summed E-state index contributed by atoms with van der Waals surface area (Å²) in [7, 11) is 5.36. The molecule has 1 saturated heterocycles. The highest BCUT2D eigenvalue weighted by Gasteiger charge is 2.46. The molecular formula is C22H25N3O4. The monoisotopic (exact) mass is 395 g/mol. The highest BCUT2D eigenvalue weighted by atomic mass is 16.5. The normalized spacial score (nSPS) is 18.5. The van der Waals surface area contributed by atoms with E-state index in [1.807, 2.05) is 25.9 Å². The van der Waals surface area contributed by atoms with Gasteiger partial charge in [-0.3, -0.25) is 14.6 Å². The minimum Gasteiger partial charge on any atom is -0.507 e. The zero-order valence-corrected chi connectivity index (χ0v) is 17.0. The molecule has 7 heteroatoms. The van der Waals surface area contributed by atoms with Crippen molar-refractivity contribution < 1.29 is 19.4 Å². The van der Waals surface area contributed by atoms with Gasteiger partial charge in [-0.05, 0) is 56.9 Å². The number of likely N-dealkylation sites (N-methyl/N-ethyl adjacent to an activating group) is 1. The van der Waals surface area contributed by atoms with Gasteiger partial charge in [-0.25, -0.2) is 0 Å². The Morgan fingerprint density at radius 2 is 2.00 bits per heavy atom. The number of nitrogens with zero attached hydrogens (tertiary/aromatic N) is 3. The lowest BCUT2D eigenvalue weighted by molar-refractivity contribution is -0.140. The van der Waals surface area contributed by atoms with E-state index < -0.39 is 17.7 Å². The first-order valence-corrected chi connectivity index (χ1v) is 9.34. The van der Waals surface area contributed by atoms with Crippen LogP contribution in [0.4, 0.5) is 0 Å². The Hall–Kier alpha value is -3.19. The van der Waals surface area contributed by atoms with Gasteiger partial charge in [-0.2, -0.15) is 0 Å². The van der Waals surface area contributed by atoms with E-state index in [4.69, 9.17) is 4.74 Å². The number of carbonyl (C=O) groups is 2. The first-order valence-electron chi connectivity index (χ1n) is 9.34. The standard InChI is InChI=1S/C22H25N3O4/c1-14-13-15(8-9-17(14)29-4)20(26)18-19(16-7-5-6-10-23-16)25(12-11-24(2)3)22(28)21(18)27/h5-10,13,19,26H,11-12H2,1-4H3/b20-18+/t19-/m1/s1. The summed E-state index contributed by atoms with van der Waals surface area (Å²) in [4.78, 5) is 33.4. The first-order chi connectivity index (χ1) is 13.8. The van der Waals surface area contributed by atoms with Gasteiger partial charge in [0.1, 0.15) is 17.6 Å². The van der Waals surface area contributed by atoms with Crippen molar-refractivity contribution in [2.75, 3.05) is 34.3 Å². The van der Waals surface area contributed by atoms with Crippen LogP contribution in [-0.4, -0.2) is 65.9 Å². The number of ether oxygens (including phenoxy) is 1. The number of carbonyl (C=O) groups excluding carboxylic acids is 2. The number of amides is 1. The molecule has 152 valence electrons. The predicted molar refractivity (Wildman–Crippen MR) is 110 cm³/mol. The summed E-state index contributed by atoms with van der Waals surface area (Å²) in [5.41, 5.74) is 1.86. The Kier molecular flexibility index (Phi) is 5.98. The van der Waals surface area contributed by atoms with Crippen LogP contribution in [0.5, 0.6) is 5.75 Å². The number of benzene rings is 1. The van der Waals surface area contributed by atoms with Crippen LogP contribution in [0, 0.1) is 6.92 Å². The number of likely N-dealkylation sites (tertiary alicyclic amines) is 1. The Labute approximate surface area is 170 Å². The molecule has 1 amide bonds. The predicted octanol–water partition coefficient (Wildman–Crippen LogP) is 2.38. The molecule has 2 heterocycles. The number of aryl methyl sites for hydroxylation is 1. The van der Waals surface area contributed by atoms with E-state index in [2.05, 4.69) is 4.98 Å². The average molecular weight is 395 g/mol. The fourth-order valence-electron chi connectivity index (χ4n) is 3.44. The summed E-state index contributed by atoms with van der Waals surface area (Å²) in [6, 6.07) is 9.71. The zero-order chi connectivity index (χ0) is 21.1.